The van der Waals surface area contributed by atoms with Gasteiger partial charge in [-0.25, -0.2) is 0 Å². The van der Waals surface area contributed by atoms with Crippen LogP contribution in [0.2, 0.25) is 0 Å². The fraction of sp³-hybridized carbons (Fsp3) is 0.667. The quantitative estimate of drug-likeness (QED) is 0.919. The number of aryl methyl sites for hydroxylation is 1. The Morgan fingerprint density at radius 1 is 1.24 bits per heavy atom. The maximum Gasteiger partial charge on any atom is 0.303 e. The van der Waals surface area contributed by atoms with Gasteiger partial charge in [0.25, 0.3) is 5.91 Å². The topological polar surface area (TPSA) is 83.6 Å². The van der Waals surface area contributed by atoms with Crippen molar-refractivity contribution in [3.8, 4) is 0 Å². The summed E-state index contributed by atoms with van der Waals surface area (Å²) in [6.45, 7) is 1.22. The molecule has 1 fully saturated rings. The zero-order valence-electron chi connectivity index (χ0n) is 12.0. The predicted octanol–water partition coefficient (Wildman–Crippen LogP) is 1.88. The van der Waals surface area contributed by atoms with Crippen molar-refractivity contribution in [3.63, 3.8) is 0 Å². The summed E-state index contributed by atoms with van der Waals surface area (Å²) >= 11 is 0. The van der Waals surface area contributed by atoms with Gasteiger partial charge in [0, 0.05) is 31.5 Å². The summed E-state index contributed by atoms with van der Waals surface area (Å²) in [5.74, 6) is 0.226. The fourth-order valence-electron chi connectivity index (χ4n) is 3.29. The Morgan fingerprint density at radius 2 is 1.95 bits per heavy atom. The SMILES string of the molecule is O=C(O)CC1CCN(C(=O)c2noc3c2CCCC3)CC1. The first-order chi connectivity index (χ1) is 10.1. The molecule has 1 aromatic heterocycles. The summed E-state index contributed by atoms with van der Waals surface area (Å²) in [4.78, 5) is 25.1. The van der Waals surface area contributed by atoms with E-state index in [4.69, 9.17) is 9.63 Å². The van der Waals surface area contributed by atoms with E-state index in [1.807, 2.05) is 0 Å². The van der Waals surface area contributed by atoms with Gasteiger partial charge in [-0.2, -0.15) is 0 Å². The lowest BCUT2D eigenvalue weighted by atomic mass is 9.92. The van der Waals surface area contributed by atoms with E-state index in [0.717, 1.165) is 49.8 Å². The van der Waals surface area contributed by atoms with Gasteiger partial charge in [0.05, 0.1) is 0 Å². The highest BCUT2D eigenvalue weighted by molar-refractivity contribution is 5.94. The summed E-state index contributed by atoms with van der Waals surface area (Å²) in [6.07, 6.45) is 5.61. The lowest BCUT2D eigenvalue weighted by Gasteiger charge is -2.31. The minimum atomic E-state index is -0.759. The van der Waals surface area contributed by atoms with Crippen molar-refractivity contribution in [1.29, 1.82) is 0 Å². The Balaban J connectivity index is 1.64. The molecule has 1 aromatic rings. The first kappa shape index (κ1) is 14.1. The number of nitrogens with zero attached hydrogens (tertiary/aromatic N) is 2. The van der Waals surface area contributed by atoms with E-state index in [1.54, 1.807) is 4.90 Å². The smallest absolute Gasteiger partial charge is 0.303 e. The zero-order chi connectivity index (χ0) is 14.8. The molecular weight excluding hydrogens is 272 g/mol. The molecule has 3 rings (SSSR count). The van der Waals surface area contributed by atoms with Crippen LogP contribution < -0.4 is 0 Å². The second kappa shape index (κ2) is 5.87. The van der Waals surface area contributed by atoms with Crippen molar-refractivity contribution in [2.75, 3.05) is 13.1 Å². The number of amides is 1. The Labute approximate surface area is 123 Å². The Kier molecular flexibility index (Phi) is 3.94. The van der Waals surface area contributed by atoms with Crippen LogP contribution in [0.15, 0.2) is 4.52 Å². The van der Waals surface area contributed by atoms with Crippen molar-refractivity contribution >= 4 is 11.9 Å². The molecule has 21 heavy (non-hydrogen) atoms. The third kappa shape index (κ3) is 2.94. The number of carbonyl (C=O) groups is 2. The molecule has 0 radical (unpaired) electrons. The molecule has 6 nitrogen and oxygen atoms in total. The molecule has 6 heteroatoms. The molecule has 1 aliphatic heterocycles. The van der Waals surface area contributed by atoms with Crippen LogP contribution in [0.3, 0.4) is 0 Å². The number of aromatic nitrogens is 1. The van der Waals surface area contributed by atoms with Gasteiger partial charge < -0.3 is 14.5 Å². The van der Waals surface area contributed by atoms with Gasteiger partial charge >= 0.3 is 5.97 Å². The average Bonchev–Trinajstić information content (AvgIpc) is 2.90. The van der Waals surface area contributed by atoms with E-state index in [9.17, 15) is 9.59 Å². The summed E-state index contributed by atoms with van der Waals surface area (Å²) < 4.78 is 5.30. The van der Waals surface area contributed by atoms with Gasteiger partial charge in [-0.15, -0.1) is 0 Å². The van der Waals surface area contributed by atoms with Crippen molar-refractivity contribution in [1.82, 2.24) is 10.1 Å². The van der Waals surface area contributed by atoms with Crippen LogP contribution in [-0.4, -0.2) is 40.1 Å². The molecule has 1 N–H and O–H groups in total. The normalized spacial score (nSPS) is 19.3. The summed E-state index contributed by atoms with van der Waals surface area (Å²) in [7, 11) is 0. The lowest BCUT2D eigenvalue weighted by Crippen LogP contribution is -2.39. The fourth-order valence-corrected chi connectivity index (χ4v) is 3.29. The zero-order valence-corrected chi connectivity index (χ0v) is 12.0. The van der Waals surface area contributed by atoms with E-state index in [-0.39, 0.29) is 18.2 Å². The van der Waals surface area contributed by atoms with Crippen molar-refractivity contribution in [2.24, 2.45) is 5.92 Å². The monoisotopic (exact) mass is 292 g/mol. The van der Waals surface area contributed by atoms with E-state index in [2.05, 4.69) is 5.16 Å². The molecule has 0 aromatic carbocycles. The van der Waals surface area contributed by atoms with Gasteiger partial charge in [-0.1, -0.05) is 5.16 Å². The van der Waals surface area contributed by atoms with Gasteiger partial charge in [0.2, 0.25) is 0 Å². The number of carbonyl (C=O) groups excluding carboxylic acids is 1. The first-order valence-corrected chi connectivity index (χ1v) is 7.63. The highest BCUT2D eigenvalue weighted by Crippen LogP contribution is 2.27. The number of likely N-dealkylation sites (tertiary alicyclic amines) is 1. The van der Waals surface area contributed by atoms with Gasteiger partial charge in [-0.3, -0.25) is 9.59 Å². The molecule has 0 spiro atoms. The third-order valence-corrected chi connectivity index (χ3v) is 4.52. The summed E-state index contributed by atoms with van der Waals surface area (Å²) in [5, 5.41) is 12.8. The summed E-state index contributed by atoms with van der Waals surface area (Å²) in [6, 6.07) is 0. The van der Waals surface area contributed by atoms with Crippen molar-refractivity contribution < 1.29 is 19.2 Å². The number of carboxylic acid groups (broad SMARTS) is 1. The largest absolute Gasteiger partial charge is 0.481 e. The molecule has 0 unspecified atom stereocenters. The van der Waals surface area contributed by atoms with Crippen LogP contribution in [0, 0.1) is 5.92 Å². The molecule has 0 bridgehead atoms. The standard InChI is InChI=1S/C15H20N2O4/c18-13(19)9-10-5-7-17(8-6-10)15(20)14-11-3-1-2-4-12(11)21-16-14/h10H,1-9H2,(H,18,19). The first-order valence-electron chi connectivity index (χ1n) is 7.63. The van der Waals surface area contributed by atoms with Crippen LogP contribution in [0.1, 0.15) is 53.9 Å². The number of hydrogen-bond donors (Lipinski definition) is 1. The van der Waals surface area contributed by atoms with E-state index in [0.29, 0.717) is 18.8 Å². The molecule has 1 amide bonds. The summed E-state index contributed by atoms with van der Waals surface area (Å²) in [5.41, 5.74) is 1.46. The Hall–Kier alpha value is -1.85. The van der Waals surface area contributed by atoms with E-state index < -0.39 is 5.97 Å². The van der Waals surface area contributed by atoms with Gasteiger partial charge in [0.1, 0.15) is 5.76 Å². The lowest BCUT2D eigenvalue weighted by molar-refractivity contribution is -0.138. The Bertz CT molecular complexity index is 544. The van der Waals surface area contributed by atoms with E-state index >= 15 is 0 Å². The molecule has 2 aliphatic rings. The van der Waals surface area contributed by atoms with E-state index in [1.165, 1.54) is 0 Å². The van der Waals surface area contributed by atoms with Gasteiger partial charge in [-0.05, 0) is 38.0 Å². The Morgan fingerprint density at radius 3 is 2.67 bits per heavy atom. The van der Waals surface area contributed by atoms with Crippen LogP contribution in [0.5, 0.6) is 0 Å². The van der Waals surface area contributed by atoms with Crippen LogP contribution in [-0.2, 0) is 17.6 Å². The molecule has 2 heterocycles. The second-order valence-corrected chi connectivity index (χ2v) is 5.97. The highest BCUT2D eigenvalue weighted by Gasteiger charge is 2.30. The maximum atomic E-state index is 12.5. The van der Waals surface area contributed by atoms with Crippen LogP contribution in [0.25, 0.3) is 0 Å². The predicted molar refractivity (Wildman–Crippen MR) is 74.0 cm³/mol. The van der Waals surface area contributed by atoms with Crippen molar-refractivity contribution in [3.05, 3.63) is 17.0 Å². The number of piperidine rings is 1. The maximum absolute atomic E-state index is 12.5. The second-order valence-electron chi connectivity index (χ2n) is 5.97. The number of carboxylic acids is 1. The molecule has 0 saturated carbocycles. The number of rotatable bonds is 3. The molecule has 114 valence electrons. The molecule has 1 saturated heterocycles. The minimum Gasteiger partial charge on any atom is -0.481 e. The number of hydrogen-bond acceptors (Lipinski definition) is 4. The number of fused-ring (bicyclic) bond motifs is 1. The average molecular weight is 292 g/mol. The van der Waals surface area contributed by atoms with Crippen LogP contribution >= 0.6 is 0 Å². The number of aliphatic carboxylic acids is 1. The van der Waals surface area contributed by atoms with Crippen molar-refractivity contribution in [2.45, 2.75) is 44.9 Å². The van der Waals surface area contributed by atoms with Crippen LogP contribution in [0.4, 0.5) is 0 Å². The highest BCUT2D eigenvalue weighted by atomic mass is 16.5. The minimum absolute atomic E-state index is 0.0596. The molecule has 1 aliphatic carbocycles. The van der Waals surface area contributed by atoms with Gasteiger partial charge in [0.15, 0.2) is 5.69 Å². The third-order valence-electron chi connectivity index (χ3n) is 4.52. The molecular formula is C15H20N2O4. The molecule has 0 atom stereocenters.